The van der Waals surface area contributed by atoms with Crippen LogP contribution in [0.1, 0.15) is 54.6 Å². The number of aliphatic hydroxyl groups is 1. The zero-order valence-corrected chi connectivity index (χ0v) is 26.7. The highest BCUT2D eigenvalue weighted by Crippen LogP contribution is 2.63. The molecule has 0 bridgehead atoms. The molecule has 3 aliphatic heterocycles. The van der Waals surface area contributed by atoms with Crippen molar-refractivity contribution in [2.75, 3.05) is 30.3 Å². The molecule has 12 heteroatoms. The summed E-state index contributed by atoms with van der Waals surface area (Å²) >= 11 is 12.7. The average Bonchev–Trinajstić information content (AvgIpc) is 3.54. The molecule has 1 spiro atoms. The SMILES string of the molecule is COc1cc(N2CN3C(C2=O)C(c2cccc(Cl)c2F)C2(C(=O)N(CO)c4cc(Cl)ccc42)C3CC(C)(C)C)ccc1C(N)=O. The monoisotopic (exact) mass is 654 g/mol. The van der Waals surface area contributed by atoms with Crippen molar-refractivity contribution < 1.29 is 28.6 Å². The largest absolute Gasteiger partial charge is 0.496 e. The number of hydrogen-bond acceptors (Lipinski definition) is 6. The molecule has 3 aromatic rings. The normalized spacial score (nSPS) is 24.5. The van der Waals surface area contributed by atoms with Gasteiger partial charge in [-0.15, -0.1) is 0 Å². The van der Waals surface area contributed by atoms with E-state index in [9.17, 15) is 19.5 Å². The summed E-state index contributed by atoms with van der Waals surface area (Å²) in [7, 11) is 1.40. The number of hydrogen-bond donors (Lipinski definition) is 2. The van der Waals surface area contributed by atoms with Gasteiger partial charge in [-0.1, -0.05) is 62.2 Å². The Morgan fingerprint density at radius 3 is 2.51 bits per heavy atom. The van der Waals surface area contributed by atoms with Gasteiger partial charge in [0.2, 0.25) is 11.8 Å². The number of primary amides is 1. The number of fused-ring (bicyclic) bond motifs is 3. The smallest absolute Gasteiger partial charge is 0.252 e. The molecular weight excluding hydrogens is 622 g/mol. The number of benzene rings is 3. The van der Waals surface area contributed by atoms with Crippen LogP contribution in [0.4, 0.5) is 15.8 Å². The van der Waals surface area contributed by atoms with Gasteiger partial charge in [-0.3, -0.25) is 29.1 Å². The van der Waals surface area contributed by atoms with Crippen LogP contribution < -0.4 is 20.3 Å². The molecule has 3 heterocycles. The van der Waals surface area contributed by atoms with E-state index in [1.807, 2.05) is 25.7 Å². The van der Waals surface area contributed by atoms with Crippen molar-refractivity contribution in [3.63, 3.8) is 0 Å². The number of ether oxygens (including phenoxy) is 1. The summed E-state index contributed by atoms with van der Waals surface area (Å²) in [5.74, 6) is -3.03. The fourth-order valence-corrected chi connectivity index (χ4v) is 7.90. The Kier molecular flexibility index (Phi) is 7.63. The van der Waals surface area contributed by atoms with E-state index >= 15 is 4.39 Å². The summed E-state index contributed by atoms with van der Waals surface area (Å²) in [4.78, 5) is 46.2. The van der Waals surface area contributed by atoms with Gasteiger partial charge in [0.25, 0.3) is 5.91 Å². The predicted octanol–water partition coefficient (Wildman–Crippen LogP) is 5.05. The highest BCUT2D eigenvalue weighted by atomic mass is 35.5. The number of carbonyl (C=O) groups is 3. The van der Waals surface area contributed by atoms with Crippen molar-refractivity contribution in [3.8, 4) is 5.75 Å². The molecule has 236 valence electrons. The molecular formula is C33H33Cl2FN4O5. The maximum absolute atomic E-state index is 16.2. The minimum Gasteiger partial charge on any atom is -0.496 e. The summed E-state index contributed by atoms with van der Waals surface area (Å²) in [6, 6.07) is 12.7. The lowest BCUT2D eigenvalue weighted by Crippen LogP contribution is -2.54. The lowest BCUT2D eigenvalue weighted by atomic mass is 9.62. The Morgan fingerprint density at radius 1 is 1.13 bits per heavy atom. The van der Waals surface area contributed by atoms with Crippen molar-refractivity contribution in [1.29, 1.82) is 0 Å². The van der Waals surface area contributed by atoms with E-state index in [2.05, 4.69) is 0 Å². The molecule has 2 fully saturated rings. The Hall–Kier alpha value is -3.70. The number of rotatable bonds is 6. The van der Waals surface area contributed by atoms with Crippen LogP contribution >= 0.6 is 23.2 Å². The second-order valence-corrected chi connectivity index (χ2v) is 13.8. The number of nitrogens with two attached hydrogens (primary N) is 1. The molecule has 4 atom stereocenters. The number of nitrogens with zero attached hydrogens (tertiary/aromatic N) is 3. The minimum absolute atomic E-state index is 0.0685. The summed E-state index contributed by atoms with van der Waals surface area (Å²) < 4.78 is 21.6. The third-order valence-electron chi connectivity index (χ3n) is 9.23. The number of methoxy groups -OCH3 is 1. The van der Waals surface area contributed by atoms with Crippen LogP contribution in [0.2, 0.25) is 10.0 Å². The third kappa shape index (κ3) is 4.61. The van der Waals surface area contributed by atoms with E-state index in [0.29, 0.717) is 28.4 Å². The van der Waals surface area contributed by atoms with Crippen molar-refractivity contribution in [2.24, 2.45) is 11.1 Å². The van der Waals surface area contributed by atoms with Crippen LogP contribution in [0, 0.1) is 11.2 Å². The van der Waals surface area contributed by atoms with Gasteiger partial charge in [-0.25, -0.2) is 4.39 Å². The van der Waals surface area contributed by atoms with Crippen molar-refractivity contribution in [2.45, 2.75) is 50.6 Å². The lowest BCUT2D eigenvalue weighted by Gasteiger charge is -2.41. The molecule has 3 amide bonds. The van der Waals surface area contributed by atoms with E-state index in [4.69, 9.17) is 33.7 Å². The number of anilines is 2. The van der Waals surface area contributed by atoms with Crippen LogP contribution in [0.15, 0.2) is 54.6 Å². The topological polar surface area (TPSA) is 116 Å². The fraction of sp³-hybridized carbons (Fsp3) is 0.364. The average molecular weight is 656 g/mol. The molecule has 0 radical (unpaired) electrons. The number of halogens is 3. The molecule has 0 aromatic heterocycles. The van der Waals surface area contributed by atoms with Crippen LogP contribution in [0.25, 0.3) is 0 Å². The highest BCUT2D eigenvalue weighted by molar-refractivity contribution is 6.31. The predicted molar refractivity (Wildman–Crippen MR) is 169 cm³/mol. The first-order valence-electron chi connectivity index (χ1n) is 14.5. The summed E-state index contributed by atoms with van der Waals surface area (Å²) in [5.41, 5.74) is 5.42. The van der Waals surface area contributed by atoms with Gasteiger partial charge in [-0.05, 0) is 53.3 Å². The fourth-order valence-electron chi connectivity index (χ4n) is 7.55. The molecule has 4 unspecified atom stereocenters. The first kappa shape index (κ1) is 31.3. The summed E-state index contributed by atoms with van der Waals surface area (Å²) in [6.45, 7) is 5.56. The lowest BCUT2D eigenvalue weighted by molar-refractivity contribution is -0.125. The second kappa shape index (κ2) is 11.0. The van der Waals surface area contributed by atoms with E-state index < -0.39 is 47.8 Å². The maximum atomic E-state index is 16.2. The van der Waals surface area contributed by atoms with E-state index in [1.165, 1.54) is 24.1 Å². The molecule has 6 rings (SSSR count). The summed E-state index contributed by atoms with van der Waals surface area (Å²) in [5, 5.41) is 10.7. The van der Waals surface area contributed by atoms with Gasteiger partial charge in [0.15, 0.2) is 0 Å². The minimum atomic E-state index is -1.47. The molecule has 3 N–H and O–H groups in total. The van der Waals surface area contributed by atoms with Gasteiger partial charge >= 0.3 is 0 Å². The Morgan fingerprint density at radius 2 is 1.87 bits per heavy atom. The number of aliphatic hydroxyl groups excluding tert-OH is 1. The molecule has 45 heavy (non-hydrogen) atoms. The highest BCUT2D eigenvalue weighted by Gasteiger charge is 2.72. The van der Waals surface area contributed by atoms with Gasteiger partial charge in [0, 0.05) is 28.7 Å². The van der Waals surface area contributed by atoms with Crippen molar-refractivity contribution in [3.05, 3.63) is 87.2 Å². The molecule has 9 nitrogen and oxygen atoms in total. The zero-order chi connectivity index (χ0) is 32.6. The first-order valence-corrected chi connectivity index (χ1v) is 15.2. The first-order chi connectivity index (χ1) is 21.3. The molecule has 0 saturated carbocycles. The van der Waals surface area contributed by atoms with Crippen LogP contribution in [0.5, 0.6) is 5.75 Å². The van der Waals surface area contributed by atoms with Crippen LogP contribution in [0.3, 0.4) is 0 Å². The quantitative estimate of drug-likeness (QED) is 0.384. The number of carbonyl (C=O) groups excluding carboxylic acids is 3. The summed E-state index contributed by atoms with van der Waals surface area (Å²) in [6.07, 6.45) is 0.445. The molecule has 3 aromatic carbocycles. The standard InChI is InChI=1S/C33H33Cl2FN4O5/c1-32(2,3)14-25-33(21-11-8-17(34)12-23(21)40(16-41)31(33)44)26(20-6-5-7-22(35)27(20)36)28-30(43)38(15-39(25)28)18-9-10-19(29(37)42)24(13-18)45-4/h5-13,25-26,28,41H,14-16H2,1-4H3,(H2,37,42). The molecule has 3 aliphatic rings. The second-order valence-electron chi connectivity index (χ2n) is 12.9. The Labute approximate surface area is 270 Å². The van der Waals surface area contributed by atoms with E-state index in [-0.39, 0.29) is 39.9 Å². The van der Waals surface area contributed by atoms with Gasteiger partial charge in [0.1, 0.15) is 23.7 Å². The number of amides is 3. The Bertz CT molecular complexity index is 1750. The van der Waals surface area contributed by atoms with Crippen LogP contribution in [-0.4, -0.2) is 60.3 Å². The van der Waals surface area contributed by atoms with E-state index in [0.717, 1.165) is 0 Å². The Balaban J connectivity index is 1.62. The molecule has 0 aliphatic carbocycles. The van der Waals surface area contributed by atoms with Gasteiger partial charge in [0.05, 0.1) is 36.1 Å². The van der Waals surface area contributed by atoms with Crippen molar-refractivity contribution in [1.82, 2.24) is 4.90 Å². The van der Waals surface area contributed by atoms with Gasteiger partial charge < -0.3 is 15.6 Å². The van der Waals surface area contributed by atoms with E-state index in [1.54, 1.807) is 47.4 Å². The van der Waals surface area contributed by atoms with Crippen LogP contribution in [-0.2, 0) is 15.0 Å². The van der Waals surface area contributed by atoms with Crippen molar-refractivity contribution >= 4 is 52.3 Å². The third-order valence-corrected chi connectivity index (χ3v) is 9.76. The molecule has 2 saturated heterocycles. The maximum Gasteiger partial charge on any atom is 0.252 e. The zero-order valence-electron chi connectivity index (χ0n) is 25.2. The van der Waals surface area contributed by atoms with Gasteiger partial charge in [-0.2, -0.15) is 0 Å².